The molecule has 0 bridgehead atoms. The highest BCUT2D eigenvalue weighted by molar-refractivity contribution is 9.09. The first-order valence-electron chi connectivity index (χ1n) is 5.66. The molecule has 2 unspecified atom stereocenters. The van der Waals surface area contributed by atoms with Gasteiger partial charge >= 0.3 is 0 Å². The summed E-state index contributed by atoms with van der Waals surface area (Å²) < 4.78 is 0. The van der Waals surface area contributed by atoms with Crippen molar-refractivity contribution in [3.63, 3.8) is 0 Å². The van der Waals surface area contributed by atoms with Gasteiger partial charge in [-0.1, -0.05) is 50.5 Å². The number of amides is 1. The maximum atomic E-state index is 11.7. The summed E-state index contributed by atoms with van der Waals surface area (Å²) in [6, 6.07) is 0.268. The molecule has 3 heteroatoms. The molecule has 15 heavy (non-hydrogen) atoms. The Kier molecular flexibility index (Phi) is 6.49. The van der Waals surface area contributed by atoms with E-state index in [2.05, 4.69) is 55.9 Å². The van der Waals surface area contributed by atoms with Gasteiger partial charge in [-0.15, -0.1) is 0 Å². The molecule has 0 saturated heterocycles. The van der Waals surface area contributed by atoms with E-state index in [1.165, 1.54) is 0 Å². The van der Waals surface area contributed by atoms with Crippen LogP contribution < -0.4 is 5.32 Å². The van der Waals surface area contributed by atoms with Crippen molar-refractivity contribution in [2.24, 2.45) is 11.3 Å². The quantitative estimate of drug-likeness (QED) is 0.768. The number of rotatable bonds is 5. The van der Waals surface area contributed by atoms with Crippen LogP contribution in [-0.2, 0) is 4.79 Å². The lowest BCUT2D eigenvalue weighted by Crippen LogP contribution is -2.37. The second kappa shape index (κ2) is 6.51. The molecule has 0 aromatic carbocycles. The second-order valence-corrected chi connectivity index (χ2v) is 5.95. The van der Waals surface area contributed by atoms with Crippen LogP contribution in [0.1, 0.15) is 47.5 Å². The van der Waals surface area contributed by atoms with Gasteiger partial charge in [-0.3, -0.25) is 4.79 Å². The second-order valence-electron chi connectivity index (χ2n) is 5.30. The van der Waals surface area contributed by atoms with Gasteiger partial charge in [-0.2, -0.15) is 0 Å². The van der Waals surface area contributed by atoms with Crippen molar-refractivity contribution < 1.29 is 4.79 Å². The first-order valence-corrected chi connectivity index (χ1v) is 6.78. The van der Waals surface area contributed by atoms with Crippen molar-refractivity contribution in [3.05, 3.63) is 0 Å². The van der Waals surface area contributed by atoms with Crippen LogP contribution in [0.4, 0.5) is 0 Å². The first-order chi connectivity index (χ1) is 6.81. The van der Waals surface area contributed by atoms with Gasteiger partial charge < -0.3 is 5.32 Å². The van der Waals surface area contributed by atoms with E-state index in [0.29, 0.717) is 12.3 Å². The van der Waals surface area contributed by atoms with Crippen LogP contribution in [0.2, 0.25) is 0 Å². The highest BCUT2D eigenvalue weighted by Crippen LogP contribution is 2.27. The monoisotopic (exact) mass is 277 g/mol. The van der Waals surface area contributed by atoms with E-state index < -0.39 is 0 Å². The van der Waals surface area contributed by atoms with E-state index >= 15 is 0 Å². The van der Waals surface area contributed by atoms with Crippen LogP contribution in [0.3, 0.4) is 0 Å². The van der Waals surface area contributed by atoms with E-state index in [0.717, 1.165) is 11.8 Å². The number of carbonyl (C=O) groups excluding carboxylic acids is 1. The molecule has 1 N–H and O–H groups in total. The Morgan fingerprint density at radius 2 is 1.93 bits per heavy atom. The zero-order valence-corrected chi connectivity index (χ0v) is 12.1. The summed E-state index contributed by atoms with van der Waals surface area (Å²) in [6.45, 7) is 10.7. The van der Waals surface area contributed by atoms with Gasteiger partial charge in [0.25, 0.3) is 0 Å². The van der Waals surface area contributed by atoms with Crippen molar-refractivity contribution in [1.29, 1.82) is 0 Å². The number of hydrogen-bond donors (Lipinski definition) is 1. The summed E-state index contributed by atoms with van der Waals surface area (Å²) in [4.78, 5) is 11.7. The average molecular weight is 278 g/mol. The number of alkyl halides is 1. The van der Waals surface area contributed by atoms with Crippen LogP contribution in [0, 0.1) is 11.3 Å². The Bertz CT molecular complexity index is 194. The van der Waals surface area contributed by atoms with Crippen LogP contribution in [0.15, 0.2) is 0 Å². The van der Waals surface area contributed by atoms with E-state index in [9.17, 15) is 4.79 Å². The molecule has 0 heterocycles. The summed E-state index contributed by atoms with van der Waals surface area (Å²) in [7, 11) is 0. The summed E-state index contributed by atoms with van der Waals surface area (Å²) >= 11 is 3.40. The molecule has 0 spiro atoms. The molecule has 0 radical (unpaired) electrons. The summed E-state index contributed by atoms with van der Waals surface area (Å²) in [5, 5.41) is 3.87. The zero-order chi connectivity index (χ0) is 12.1. The number of hydrogen-bond acceptors (Lipinski definition) is 1. The molecule has 2 atom stereocenters. The van der Waals surface area contributed by atoms with Gasteiger partial charge in [0.1, 0.15) is 0 Å². The highest BCUT2D eigenvalue weighted by Gasteiger charge is 2.23. The van der Waals surface area contributed by atoms with Crippen LogP contribution in [0.5, 0.6) is 0 Å². The normalized spacial score (nSPS) is 15.9. The Labute approximate surface area is 102 Å². The number of nitrogens with one attached hydrogen (secondary N) is 1. The largest absolute Gasteiger partial charge is 0.353 e. The van der Waals surface area contributed by atoms with Crippen LogP contribution in [-0.4, -0.2) is 17.3 Å². The Hall–Kier alpha value is -0.0500. The third kappa shape index (κ3) is 6.18. The molecule has 0 fully saturated rings. The molecule has 0 aromatic heterocycles. The predicted octanol–water partition coefficient (Wildman–Crippen LogP) is 3.35. The molecule has 1 amide bonds. The van der Waals surface area contributed by atoms with Crippen molar-refractivity contribution in [2.75, 3.05) is 5.33 Å². The molecular formula is C12H24BrNO. The number of carbonyl (C=O) groups is 1. The van der Waals surface area contributed by atoms with Gasteiger partial charge in [-0.05, 0) is 17.8 Å². The maximum absolute atomic E-state index is 11.7. The standard InChI is InChI=1S/C12H24BrNO/c1-6-10(8-13)14-11(15)7-9(2)12(3,4)5/h9-10H,6-8H2,1-5H3,(H,14,15). The van der Waals surface area contributed by atoms with Gasteiger partial charge in [0, 0.05) is 17.8 Å². The Balaban J connectivity index is 4.04. The molecule has 0 aliphatic rings. The lowest BCUT2D eigenvalue weighted by atomic mass is 9.80. The maximum Gasteiger partial charge on any atom is 0.220 e. The summed E-state index contributed by atoms with van der Waals surface area (Å²) in [5.74, 6) is 0.578. The third-order valence-corrected chi connectivity index (χ3v) is 3.80. The fourth-order valence-corrected chi connectivity index (χ4v) is 1.74. The molecule has 2 nitrogen and oxygen atoms in total. The van der Waals surface area contributed by atoms with Crippen molar-refractivity contribution in [3.8, 4) is 0 Å². The summed E-state index contributed by atoms with van der Waals surface area (Å²) in [6.07, 6.45) is 1.59. The smallest absolute Gasteiger partial charge is 0.220 e. The van der Waals surface area contributed by atoms with E-state index in [1.807, 2.05) is 0 Å². The minimum atomic E-state index is 0.170. The van der Waals surface area contributed by atoms with Gasteiger partial charge in [0.15, 0.2) is 0 Å². The minimum Gasteiger partial charge on any atom is -0.353 e. The van der Waals surface area contributed by atoms with Gasteiger partial charge in [-0.25, -0.2) is 0 Å². The van der Waals surface area contributed by atoms with Gasteiger partial charge in [0.05, 0.1) is 0 Å². The van der Waals surface area contributed by atoms with Crippen molar-refractivity contribution >= 4 is 21.8 Å². The Morgan fingerprint density at radius 1 is 1.40 bits per heavy atom. The van der Waals surface area contributed by atoms with Crippen molar-refractivity contribution in [1.82, 2.24) is 5.32 Å². The average Bonchev–Trinajstić information content (AvgIpc) is 2.12. The molecule has 0 aliphatic carbocycles. The highest BCUT2D eigenvalue weighted by atomic mass is 79.9. The fraction of sp³-hybridized carbons (Fsp3) is 0.917. The van der Waals surface area contributed by atoms with Crippen molar-refractivity contribution in [2.45, 2.75) is 53.5 Å². The van der Waals surface area contributed by atoms with Gasteiger partial charge in [0.2, 0.25) is 5.91 Å². The predicted molar refractivity (Wildman–Crippen MR) is 69.3 cm³/mol. The number of halogens is 1. The lowest BCUT2D eigenvalue weighted by molar-refractivity contribution is -0.123. The van der Waals surface area contributed by atoms with E-state index in [4.69, 9.17) is 0 Å². The minimum absolute atomic E-state index is 0.170. The molecular weight excluding hydrogens is 254 g/mol. The SMILES string of the molecule is CCC(CBr)NC(=O)CC(C)C(C)(C)C. The summed E-state index contributed by atoms with van der Waals surface area (Å²) in [5.41, 5.74) is 0.202. The zero-order valence-electron chi connectivity index (χ0n) is 10.6. The van der Waals surface area contributed by atoms with E-state index in [-0.39, 0.29) is 17.4 Å². The lowest BCUT2D eigenvalue weighted by Gasteiger charge is -2.27. The molecule has 0 aliphatic heterocycles. The first kappa shape index (κ1) is 14.9. The molecule has 0 rings (SSSR count). The fourth-order valence-electron chi connectivity index (χ4n) is 1.12. The topological polar surface area (TPSA) is 29.1 Å². The Morgan fingerprint density at radius 3 is 2.27 bits per heavy atom. The molecule has 0 aromatic rings. The molecule has 90 valence electrons. The molecule has 0 saturated carbocycles. The van der Waals surface area contributed by atoms with Crippen LogP contribution in [0.25, 0.3) is 0 Å². The van der Waals surface area contributed by atoms with E-state index in [1.54, 1.807) is 0 Å². The van der Waals surface area contributed by atoms with Crippen LogP contribution >= 0.6 is 15.9 Å². The third-order valence-electron chi connectivity index (χ3n) is 3.01.